The summed E-state index contributed by atoms with van der Waals surface area (Å²) in [7, 11) is 1.80. The van der Waals surface area contributed by atoms with Crippen molar-refractivity contribution in [1.82, 2.24) is 14.7 Å². The van der Waals surface area contributed by atoms with E-state index in [4.69, 9.17) is 14.6 Å². The van der Waals surface area contributed by atoms with Crippen molar-refractivity contribution in [3.05, 3.63) is 102 Å². The molecule has 0 radical (unpaired) electrons. The monoisotopic (exact) mass is 485 g/mol. The summed E-state index contributed by atoms with van der Waals surface area (Å²) in [5.74, 6) is 0.564. The van der Waals surface area contributed by atoms with E-state index in [9.17, 15) is 9.18 Å². The molecule has 7 heteroatoms. The molecule has 2 heterocycles. The summed E-state index contributed by atoms with van der Waals surface area (Å²) in [4.78, 5) is 15.5. The normalized spacial score (nSPS) is 15.1. The lowest BCUT2D eigenvalue weighted by molar-refractivity contribution is 0.0506. The molecule has 1 atom stereocenters. The first kappa shape index (κ1) is 23.8. The first-order valence-corrected chi connectivity index (χ1v) is 12.1. The van der Waals surface area contributed by atoms with Gasteiger partial charge in [-0.25, -0.2) is 9.07 Å². The summed E-state index contributed by atoms with van der Waals surface area (Å²) in [6.45, 7) is 1.45. The van der Waals surface area contributed by atoms with Crippen LogP contribution in [0.1, 0.15) is 28.8 Å². The predicted molar refractivity (Wildman–Crippen MR) is 135 cm³/mol. The maximum absolute atomic E-state index is 13.7. The largest absolute Gasteiger partial charge is 0.439 e. The summed E-state index contributed by atoms with van der Waals surface area (Å²) in [5, 5.41) is 4.76. The zero-order valence-corrected chi connectivity index (χ0v) is 20.1. The fourth-order valence-corrected chi connectivity index (χ4v) is 4.47. The Morgan fingerprint density at radius 1 is 1.06 bits per heavy atom. The van der Waals surface area contributed by atoms with Crippen molar-refractivity contribution in [3.63, 3.8) is 0 Å². The SMILES string of the molecule is Cn1nc(-c2ccccc2)c(CN(CC2CCCO2)C(=O)c2ccccc2)c1Oc1ccc(F)cc1. The van der Waals surface area contributed by atoms with E-state index in [-0.39, 0.29) is 24.4 Å². The van der Waals surface area contributed by atoms with E-state index in [2.05, 4.69) is 0 Å². The van der Waals surface area contributed by atoms with Crippen LogP contribution in [0.5, 0.6) is 11.6 Å². The summed E-state index contributed by atoms with van der Waals surface area (Å²) in [5.41, 5.74) is 3.03. The Morgan fingerprint density at radius 2 is 1.75 bits per heavy atom. The van der Waals surface area contributed by atoms with Crippen molar-refractivity contribution >= 4 is 5.91 Å². The Bertz CT molecular complexity index is 1300. The molecule has 184 valence electrons. The molecule has 3 aromatic carbocycles. The van der Waals surface area contributed by atoms with Gasteiger partial charge in [0.25, 0.3) is 5.91 Å². The number of amides is 1. The van der Waals surface area contributed by atoms with Crippen LogP contribution < -0.4 is 4.74 Å². The highest BCUT2D eigenvalue weighted by molar-refractivity contribution is 5.94. The minimum absolute atomic E-state index is 0.0176. The van der Waals surface area contributed by atoms with Crippen LogP contribution in [0.3, 0.4) is 0 Å². The fraction of sp³-hybridized carbons (Fsp3) is 0.241. The average Bonchev–Trinajstić information content (AvgIpc) is 3.54. The van der Waals surface area contributed by atoms with Crippen LogP contribution in [0.15, 0.2) is 84.9 Å². The first-order valence-electron chi connectivity index (χ1n) is 12.1. The van der Waals surface area contributed by atoms with Gasteiger partial charge in [0.1, 0.15) is 17.3 Å². The number of rotatable bonds is 8. The van der Waals surface area contributed by atoms with E-state index in [1.165, 1.54) is 12.1 Å². The van der Waals surface area contributed by atoms with Crippen LogP contribution in [-0.4, -0.2) is 39.8 Å². The second-order valence-electron chi connectivity index (χ2n) is 8.86. The minimum Gasteiger partial charge on any atom is -0.439 e. The third-order valence-corrected chi connectivity index (χ3v) is 6.27. The van der Waals surface area contributed by atoms with Crippen LogP contribution in [0.4, 0.5) is 4.39 Å². The summed E-state index contributed by atoms with van der Waals surface area (Å²) in [6.07, 6.45) is 1.88. The average molecular weight is 486 g/mol. The summed E-state index contributed by atoms with van der Waals surface area (Å²) < 4.78 is 27.3. The molecule has 0 spiro atoms. The van der Waals surface area contributed by atoms with Crippen molar-refractivity contribution in [2.45, 2.75) is 25.5 Å². The van der Waals surface area contributed by atoms with Gasteiger partial charge in [0.2, 0.25) is 5.88 Å². The van der Waals surface area contributed by atoms with Crippen LogP contribution in [0.2, 0.25) is 0 Å². The number of aryl methyl sites for hydroxylation is 1. The molecule has 0 bridgehead atoms. The number of carbonyl (C=O) groups excluding carboxylic acids is 1. The van der Waals surface area contributed by atoms with E-state index >= 15 is 0 Å². The summed E-state index contributed by atoms with van der Waals surface area (Å²) >= 11 is 0. The van der Waals surface area contributed by atoms with Crippen molar-refractivity contribution < 1.29 is 18.7 Å². The lowest BCUT2D eigenvalue weighted by atomic mass is 10.1. The van der Waals surface area contributed by atoms with Gasteiger partial charge in [-0.2, -0.15) is 5.10 Å². The number of nitrogens with zero attached hydrogens (tertiary/aromatic N) is 3. The van der Waals surface area contributed by atoms with Crippen molar-refractivity contribution in [2.75, 3.05) is 13.2 Å². The van der Waals surface area contributed by atoms with E-state index in [0.29, 0.717) is 30.3 Å². The van der Waals surface area contributed by atoms with Gasteiger partial charge in [0, 0.05) is 31.3 Å². The second kappa shape index (κ2) is 10.7. The number of benzene rings is 3. The van der Waals surface area contributed by atoms with E-state index in [1.54, 1.807) is 23.9 Å². The first-order chi connectivity index (χ1) is 17.6. The van der Waals surface area contributed by atoms with Crippen molar-refractivity contribution in [1.29, 1.82) is 0 Å². The maximum Gasteiger partial charge on any atom is 0.254 e. The molecule has 6 nitrogen and oxygen atoms in total. The van der Waals surface area contributed by atoms with E-state index < -0.39 is 0 Å². The Kier molecular flexibility index (Phi) is 7.09. The van der Waals surface area contributed by atoms with Crippen LogP contribution in [0.25, 0.3) is 11.3 Å². The molecule has 1 aliphatic heterocycles. The molecule has 1 aromatic heterocycles. The molecule has 0 N–H and O–H groups in total. The number of hydrogen-bond acceptors (Lipinski definition) is 4. The van der Waals surface area contributed by atoms with Gasteiger partial charge in [-0.1, -0.05) is 48.5 Å². The zero-order chi connectivity index (χ0) is 24.9. The fourth-order valence-electron chi connectivity index (χ4n) is 4.47. The Labute approximate surface area is 209 Å². The molecule has 1 fully saturated rings. The van der Waals surface area contributed by atoms with Crippen molar-refractivity contribution in [2.24, 2.45) is 7.05 Å². The Hall–Kier alpha value is -3.97. The molecular weight excluding hydrogens is 457 g/mol. The number of hydrogen-bond donors (Lipinski definition) is 0. The number of aromatic nitrogens is 2. The second-order valence-corrected chi connectivity index (χ2v) is 8.86. The molecule has 1 saturated heterocycles. The standard InChI is InChI=1S/C29H28FN3O3/c1-32-29(36-24-16-14-23(30)15-17-24)26(27(31-32)21-9-4-2-5-10-21)20-33(19-25-13-8-18-35-25)28(34)22-11-6-3-7-12-22/h2-7,9-12,14-17,25H,8,13,18-20H2,1H3. The molecular formula is C29H28FN3O3. The maximum atomic E-state index is 13.7. The van der Waals surface area contributed by atoms with Crippen LogP contribution >= 0.6 is 0 Å². The smallest absolute Gasteiger partial charge is 0.254 e. The van der Waals surface area contributed by atoms with Gasteiger partial charge in [-0.3, -0.25) is 4.79 Å². The van der Waals surface area contributed by atoms with Crippen LogP contribution in [-0.2, 0) is 18.3 Å². The molecule has 36 heavy (non-hydrogen) atoms. The van der Waals surface area contributed by atoms with E-state index in [0.717, 1.165) is 29.7 Å². The zero-order valence-electron chi connectivity index (χ0n) is 20.1. The molecule has 4 aromatic rings. The molecule has 0 aliphatic carbocycles. The topological polar surface area (TPSA) is 56.6 Å². The predicted octanol–water partition coefficient (Wildman–Crippen LogP) is 5.84. The summed E-state index contributed by atoms with van der Waals surface area (Å²) in [6, 6.07) is 24.9. The Balaban J connectivity index is 1.55. The minimum atomic E-state index is -0.339. The van der Waals surface area contributed by atoms with Gasteiger partial charge in [-0.15, -0.1) is 0 Å². The molecule has 5 rings (SSSR count). The third-order valence-electron chi connectivity index (χ3n) is 6.27. The molecule has 1 aliphatic rings. The highest BCUT2D eigenvalue weighted by atomic mass is 19.1. The van der Waals surface area contributed by atoms with E-state index in [1.807, 2.05) is 65.6 Å². The van der Waals surface area contributed by atoms with Gasteiger partial charge >= 0.3 is 0 Å². The third kappa shape index (κ3) is 5.31. The van der Waals surface area contributed by atoms with Crippen molar-refractivity contribution in [3.8, 4) is 22.9 Å². The lowest BCUT2D eigenvalue weighted by Gasteiger charge is -2.26. The van der Waals surface area contributed by atoms with Crippen LogP contribution in [0, 0.1) is 5.82 Å². The number of halogens is 1. The Morgan fingerprint density at radius 3 is 2.42 bits per heavy atom. The van der Waals surface area contributed by atoms with Gasteiger partial charge in [0.05, 0.1) is 18.2 Å². The molecule has 1 amide bonds. The highest BCUT2D eigenvalue weighted by Crippen LogP contribution is 2.35. The quantitative estimate of drug-likeness (QED) is 0.315. The molecule has 1 unspecified atom stereocenters. The van der Waals surface area contributed by atoms with Gasteiger partial charge in [-0.05, 0) is 49.2 Å². The lowest BCUT2D eigenvalue weighted by Crippen LogP contribution is -2.37. The number of carbonyl (C=O) groups is 1. The number of ether oxygens (including phenoxy) is 2. The highest BCUT2D eigenvalue weighted by Gasteiger charge is 2.28. The molecule has 0 saturated carbocycles. The van der Waals surface area contributed by atoms with Gasteiger partial charge in [0.15, 0.2) is 0 Å². The van der Waals surface area contributed by atoms with Gasteiger partial charge < -0.3 is 14.4 Å².